The molecule has 0 saturated carbocycles. The van der Waals surface area contributed by atoms with Crippen LogP contribution in [0.4, 0.5) is 17.1 Å². The highest BCUT2D eigenvalue weighted by Crippen LogP contribution is 2.44. The van der Waals surface area contributed by atoms with Gasteiger partial charge in [0.15, 0.2) is 0 Å². The quantitative estimate of drug-likeness (QED) is 0.178. The van der Waals surface area contributed by atoms with E-state index in [4.69, 9.17) is 4.42 Å². The fourth-order valence-electron chi connectivity index (χ4n) is 8.08. The van der Waals surface area contributed by atoms with Crippen molar-refractivity contribution < 1.29 is 4.42 Å². The van der Waals surface area contributed by atoms with Crippen LogP contribution in [-0.2, 0) is 0 Å². The van der Waals surface area contributed by atoms with Gasteiger partial charge in [-0.3, -0.25) is 0 Å². The molecule has 0 saturated heterocycles. The normalized spacial score (nSPS) is 11.8. The molecular formula is C50H31NOS. The lowest BCUT2D eigenvalue weighted by atomic mass is 9.99. The van der Waals surface area contributed by atoms with E-state index in [2.05, 4.69) is 193 Å². The zero-order valence-electron chi connectivity index (χ0n) is 28.7. The lowest BCUT2D eigenvalue weighted by Crippen LogP contribution is -2.09. The van der Waals surface area contributed by atoms with E-state index in [1.54, 1.807) is 0 Å². The lowest BCUT2D eigenvalue weighted by Gasteiger charge is -2.26. The topological polar surface area (TPSA) is 16.4 Å². The van der Waals surface area contributed by atoms with Gasteiger partial charge in [-0.15, -0.1) is 11.3 Å². The van der Waals surface area contributed by atoms with Crippen molar-refractivity contribution in [1.29, 1.82) is 0 Å². The van der Waals surface area contributed by atoms with Gasteiger partial charge in [-0.05, 0) is 111 Å². The van der Waals surface area contributed by atoms with Crippen LogP contribution in [0, 0.1) is 0 Å². The molecule has 2 nitrogen and oxygen atoms in total. The van der Waals surface area contributed by atoms with Gasteiger partial charge >= 0.3 is 0 Å². The molecule has 0 spiro atoms. The molecule has 0 aliphatic heterocycles. The third-order valence-electron chi connectivity index (χ3n) is 10.7. The zero-order chi connectivity index (χ0) is 34.9. The molecular weight excluding hydrogens is 663 g/mol. The molecule has 0 atom stereocenters. The van der Waals surface area contributed by atoms with Gasteiger partial charge < -0.3 is 9.32 Å². The Kier molecular flexibility index (Phi) is 6.76. The number of nitrogens with zero attached hydrogens (tertiary/aromatic N) is 1. The Morgan fingerprint density at radius 2 is 0.887 bits per heavy atom. The summed E-state index contributed by atoms with van der Waals surface area (Å²) in [4.78, 5) is 2.38. The molecule has 0 fully saturated rings. The number of hydrogen-bond donors (Lipinski definition) is 0. The zero-order valence-corrected chi connectivity index (χ0v) is 29.5. The number of rotatable bonds is 5. The molecule has 11 aromatic rings. The van der Waals surface area contributed by atoms with Crippen LogP contribution in [0.1, 0.15) is 0 Å². The average Bonchev–Trinajstić information content (AvgIpc) is 3.80. The van der Waals surface area contributed by atoms with Crippen LogP contribution >= 0.6 is 11.3 Å². The van der Waals surface area contributed by atoms with E-state index in [1.165, 1.54) is 58.2 Å². The molecule has 0 aliphatic carbocycles. The monoisotopic (exact) mass is 693 g/mol. The van der Waals surface area contributed by atoms with Crippen LogP contribution < -0.4 is 4.90 Å². The molecule has 0 amide bonds. The molecule has 9 aromatic carbocycles. The number of benzene rings is 9. The van der Waals surface area contributed by atoms with Crippen molar-refractivity contribution in [3.05, 3.63) is 188 Å². The van der Waals surface area contributed by atoms with Crippen molar-refractivity contribution in [2.24, 2.45) is 0 Å². The summed E-state index contributed by atoms with van der Waals surface area (Å²) in [6, 6.07) is 68.0. The maximum Gasteiger partial charge on any atom is 0.136 e. The number of hydrogen-bond acceptors (Lipinski definition) is 3. The molecule has 2 heterocycles. The molecule has 0 unspecified atom stereocenters. The third-order valence-corrected chi connectivity index (χ3v) is 11.8. The summed E-state index contributed by atoms with van der Waals surface area (Å²) in [6.07, 6.45) is 0. The van der Waals surface area contributed by atoms with E-state index < -0.39 is 0 Å². The van der Waals surface area contributed by atoms with Crippen molar-refractivity contribution in [1.82, 2.24) is 0 Å². The molecule has 11 rings (SSSR count). The Balaban J connectivity index is 1.05. The second-order valence-corrected chi connectivity index (χ2v) is 14.8. The Morgan fingerprint density at radius 1 is 0.340 bits per heavy atom. The van der Waals surface area contributed by atoms with Crippen LogP contribution in [0.5, 0.6) is 0 Å². The predicted octanol–water partition coefficient (Wildman–Crippen LogP) is 15.1. The first-order valence-corrected chi connectivity index (χ1v) is 18.8. The summed E-state index contributed by atoms with van der Waals surface area (Å²) in [5, 5.41) is 9.93. The highest BCUT2D eigenvalue weighted by Gasteiger charge is 2.17. The third kappa shape index (κ3) is 4.93. The molecule has 0 radical (unpaired) electrons. The summed E-state index contributed by atoms with van der Waals surface area (Å²) >= 11 is 1.86. The molecule has 0 bridgehead atoms. The second-order valence-electron chi connectivity index (χ2n) is 13.7. The van der Waals surface area contributed by atoms with Gasteiger partial charge in [0.1, 0.15) is 11.2 Å². The first-order chi connectivity index (χ1) is 26.2. The summed E-state index contributed by atoms with van der Waals surface area (Å²) < 4.78 is 8.92. The van der Waals surface area contributed by atoms with E-state index in [0.29, 0.717) is 0 Å². The largest absolute Gasteiger partial charge is 0.456 e. The van der Waals surface area contributed by atoms with Gasteiger partial charge in [-0.1, -0.05) is 121 Å². The van der Waals surface area contributed by atoms with E-state index in [-0.39, 0.29) is 0 Å². The van der Waals surface area contributed by atoms with Crippen molar-refractivity contribution in [3.63, 3.8) is 0 Å². The predicted molar refractivity (Wildman–Crippen MR) is 227 cm³/mol. The summed E-state index contributed by atoms with van der Waals surface area (Å²) in [7, 11) is 0. The smallest absolute Gasteiger partial charge is 0.136 e. The van der Waals surface area contributed by atoms with Crippen molar-refractivity contribution >= 4 is 92.1 Å². The highest BCUT2D eigenvalue weighted by atomic mass is 32.1. The van der Waals surface area contributed by atoms with E-state index in [0.717, 1.165) is 44.7 Å². The molecule has 0 N–H and O–H groups in total. The molecule has 53 heavy (non-hydrogen) atoms. The Labute approximate surface area is 310 Å². The van der Waals surface area contributed by atoms with Crippen molar-refractivity contribution in [2.75, 3.05) is 4.90 Å². The van der Waals surface area contributed by atoms with Gasteiger partial charge in [0.25, 0.3) is 0 Å². The van der Waals surface area contributed by atoms with Gasteiger partial charge in [0.05, 0.1) is 0 Å². The average molecular weight is 694 g/mol. The maximum atomic E-state index is 6.31. The molecule has 0 aliphatic rings. The lowest BCUT2D eigenvalue weighted by molar-refractivity contribution is 0.669. The standard InChI is InChI=1S/C50H31NOS/c1-2-8-32(9-3-1)33-14-21-38(22-15-33)51(40-25-29-47-44(31-40)50-42-13-7-5-11-36(42)20-28-48(50)53-47)39-23-16-34(17-24-39)37-19-26-45-43(30-37)49-41-12-6-4-10-35(41)18-27-46(49)52-45/h1-31H. The van der Waals surface area contributed by atoms with Gasteiger partial charge in [0.2, 0.25) is 0 Å². The Bertz CT molecular complexity index is 3150. The summed E-state index contributed by atoms with van der Waals surface area (Å²) in [5.41, 5.74) is 9.91. The van der Waals surface area contributed by atoms with Gasteiger partial charge in [-0.25, -0.2) is 0 Å². The Morgan fingerprint density at radius 3 is 1.62 bits per heavy atom. The minimum atomic E-state index is 0.908. The maximum absolute atomic E-state index is 6.31. The molecule has 3 heteroatoms. The van der Waals surface area contributed by atoms with Crippen LogP contribution in [0.15, 0.2) is 192 Å². The SMILES string of the molecule is c1ccc(-c2ccc(N(c3ccc(-c4ccc5oc6ccc7ccccc7c6c5c4)cc3)c3ccc4sc5ccc6ccccc6c5c4c3)cc2)cc1. The first-order valence-electron chi connectivity index (χ1n) is 18.0. The Hall–Kier alpha value is -6.68. The van der Waals surface area contributed by atoms with E-state index in [9.17, 15) is 0 Å². The fourth-order valence-corrected chi connectivity index (χ4v) is 9.19. The number of anilines is 3. The van der Waals surface area contributed by atoms with Gasteiger partial charge in [-0.2, -0.15) is 0 Å². The van der Waals surface area contributed by atoms with Crippen molar-refractivity contribution in [2.45, 2.75) is 0 Å². The first kappa shape index (κ1) is 30.0. The number of fused-ring (bicyclic) bond motifs is 10. The minimum Gasteiger partial charge on any atom is -0.456 e. The summed E-state index contributed by atoms with van der Waals surface area (Å²) in [5.74, 6) is 0. The molecule has 248 valence electrons. The second kappa shape index (κ2) is 11.9. The van der Waals surface area contributed by atoms with Gasteiger partial charge in [0, 0.05) is 48.0 Å². The number of thiophene rings is 1. The van der Waals surface area contributed by atoms with Crippen LogP contribution in [0.25, 0.3) is 85.9 Å². The van der Waals surface area contributed by atoms with E-state index in [1.807, 2.05) is 11.3 Å². The fraction of sp³-hybridized carbons (Fsp3) is 0. The van der Waals surface area contributed by atoms with Crippen molar-refractivity contribution in [3.8, 4) is 22.3 Å². The number of furan rings is 1. The summed E-state index contributed by atoms with van der Waals surface area (Å²) in [6.45, 7) is 0. The minimum absolute atomic E-state index is 0.908. The highest BCUT2D eigenvalue weighted by molar-refractivity contribution is 7.26. The molecule has 2 aromatic heterocycles. The van der Waals surface area contributed by atoms with Crippen LogP contribution in [0.3, 0.4) is 0 Å². The van der Waals surface area contributed by atoms with Crippen LogP contribution in [0.2, 0.25) is 0 Å². The van der Waals surface area contributed by atoms with Crippen LogP contribution in [-0.4, -0.2) is 0 Å². The van der Waals surface area contributed by atoms with E-state index >= 15 is 0 Å².